The summed E-state index contributed by atoms with van der Waals surface area (Å²) in [6.45, 7) is 8.58. The average molecular weight is 576 g/mol. The monoisotopic (exact) mass is 575 g/mol. The van der Waals surface area contributed by atoms with Gasteiger partial charge >= 0.3 is 0 Å². The van der Waals surface area contributed by atoms with Crippen LogP contribution in [0.15, 0.2) is 42.5 Å². The van der Waals surface area contributed by atoms with Crippen LogP contribution in [0.1, 0.15) is 69.1 Å². The molecule has 41 heavy (non-hydrogen) atoms. The highest BCUT2D eigenvalue weighted by atomic mass is 35.5. The number of ketones is 2. The van der Waals surface area contributed by atoms with Gasteiger partial charge in [0.25, 0.3) is 0 Å². The first kappa shape index (κ1) is 28.6. The number of hydrogen-bond acceptors (Lipinski definition) is 4. The summed E-state index contributed by atoms with van der Waals surface area (Å²) >= 11 is 6.14. The lowest BCUT2D eigenvalue weighted by Crippen LogP contribution is -2.47. The standard InChI is InChI=1S/C35H42ClNO4/c1-19-14-20(2)16-26(15-19)37-34(40)31-27(17-23-8-10-25(36)11-9-23)33(39)32-30(29-12-13-35(31,32)41-29)28(38)18-24-7-5-6-21(3)22(24)4/h8-11,14-16,21-22,24,27,29-32H,5-7,12-13,17-18H2,1-4H3,(H,37,40). The second-order valence-corrected chi connectivity index (χ2v) is 14.0. The topological polar surface area (TPSA) is 72.5 Å². The molecular weight excluding hydrogens is 534 g/mol. The van der Waals surface area contributed by atoms with Crippen LogP contribution in [-0.2, 0) is 25.5 Å². The molecule has 0 radical (unpaired) electrons. The molecule has 4 aliphatic rings. The van der Waals surface area contributed by atoms with Crippen molar-refractivity contribution in [3.63, 3.8) is 0 Å². The van der Waals surface area contributed by atoms with Crippen LogP contribution in [0.25, 0.3) is 0 Å². The smallest absolute Gasteiger partial charge is 0.231 e. The number of benzene rings is 2. The van der Waals surface area contributed by atoms with E-state index in [1.54, 1.807) is 0 Å². The maximum Gasteiger partial charge on any atom is 0.231 e. The van der Waals surface area contributed by atoms with Crippen molar-refractivity contribution in [2.24, 2.45) is 41.4 Å². The van der Waals surface area contributed by atoms with E-state index in [-0.39, 0.29) is 23.6 Å². The van der Waals surface area contributed by atoms with Crippen LogP contribution in [0, 0.1) is 55.3 Å². The quantitative estimate of drug-likeness (QED) is 0.380. The Hall–Kier alpha value is -2.50. The third-order valence-corrected chi connectivity index (χ3v) is 11.2. The molecule has 218 valence electrons. The van der Waals surface area contributed by atoms with Crippen molar-refractivity contribution in [1.82, 2.24) is 0 Å². The molecule has 2 aromatic rings. The molecule has 2 saturated carbocycles. The molecule has 0 aromatic heterocycles. The van der Waals surface area contributed by atoms with Gasteiger partial charge in [-0.3, -0.25) is 14.4 Å². The molecule has 2 aromatic carbocycles. The van der Waals surface area contributed by atoms with Crippen molar-refractivity contribution in [2.75, 3.05) is 5.32 Å². The van der Waals surface area contributed by atoms with Crippen LogP contribution in [0.3, 0.4) is 0 Å². The molecule has 9 atom stereocenters. The summed E-state index contributed by atoms with van der Waals surface area (Å²) in [5, 5.41) is 3.77. The van der Waals surface area contributed by atoms with E-state index in [9.17, 15) is 14.4 Å². The van der Waals surface area contributed by atoms with E-state index in [0.717, 1.165) is 41.6 Å². The highest BCUT2D eigenvalue weighted by molar-refractivity contribution is 6.30. The van der Waals surface area contributed by atoms with E-state index in [2.05, 4.69) is 25.2 Å². The fourth-order valence-electron chi connectivity index (χ4n) is 8.88. The third kappa shape index (κ3) is 5.07. The Bertz CT molecular complexity index is 1330. The maximum atomic E-state index is 14.4. The number of carbonyl (C=O) groups is 3. The van der Waals surface area contributed by atoms with Crippen molar-refractivity contribution < 1.29 is 19.1 Å². The normalized spacial score (nSPS) is 35.9. The molecular formula is C35H42ClNO4. The van der Waals surface area contributed by atoms with Crippen LogP contribution < -0.4 is 5.32 Å². The zero-order chi connectivity index (χ0) is 29.1. The molecule has 6 heteroatoms. The SMILES string of the molecule is Cc1cc(C)cc(NC(=O)C2C(Cc3ccc(Cl)cc3)C(=O)C3C(C(=O)CC4CCCC(C)C4C)C4CCC23O4)c1. The van der Waals surface area contributed by atoms with Crippen LogP contribution >= 0.6 is 11.6 Å². The van der Waals surface area contributed by atoms with Crippen molar-refractivity contribution in [3.8, 4) is 0 Å². The molecule has 2 saturated heterocycles. The Labute approximate surface area is 248 Å². The molecule has 1 N–H and O–H groups in total. The summed E-state index contributed by atoms with van der Waals surface area (Å²) in [6.07, 6.45) is 5.45. The minimum absolute atomic E-state index is 0.0196. The Kier molecular flexibility index (Phi) is 7.65. The minimum atomic E-state index is -0.923. The highest BCUT2D eigenvalue weighted by Crippen LogP contribution is 2.63. The van der Waals surface area contributed by atoms with Gasteiger partial charge in [0.15, 0.2) is 0 Å². The zero-order valence-electron chi connectivity index (χ0n) is 24.6. The van der Waals surface area contributed by atoms with Gasteiger partial charge in [0, 0.05) is 23.0 Å². The number of nitrogens with one attached hydrogen (secondary N) is 1. The van der Waals surface area contributed by atoms with E-state index in [4.69, 9.17) is 16.3 Å². The number of fused-ring (bicyclic) bond motifs is 1. The Morgan fingerprint density at radius 3 is 2.44 bits per heavy atom. The van der Waals surface area contributed by atoms with Gasteiger partial charge in [-0.05, 0) is 98.2 Å². The summed E-state index contributed by atoms with van der Waals surface area (Å²) in [6, 6.07) is 13.5. The molecule has 5 nitrogen and oxygen atoms in total. The lowest BCUT2D eigenvalue weighted by molar-refractivity contribution is -0.134. The van der Waals surface area contributed by atoms with Crippen LogP contribution in [0.4, 0.5) is 5.69 Å². The molecule has 2 aliphatic heterocycles. The molecule has 6 rings (SSSR count). The highest BCUT2D eigenvalue weighted by Gasteiger charge is 2.74. The second kappa shape index (κ2) is 11.0. The van der Waals surface area contributed by atoms with Crippen molar-refractivity contribution >= 4 is 34.8 Å². The maximum absolute atomic E-state index is 14.4. The van der Waals surface area contributed by atoms with Gasteiger partial charge in [-0.25, -0.2) is 0 Å². The molecule has 2 heterocycles. The number of ether oxygens (including phenoxy) is 1. The van der Waals surface area contributed by atoms with E-state index in [1.807, 2.05) is 50.2 Å². The van der Waals surface area contributed by atoms with Gasteiger partial charge in [-0.15, -0.1) is 0 Å². The Balaban J connectivity index is 1.32. The van der Waals surface area contributed by atoms with E-state index < -0.39 is 29.3 Å². The second-order valence-electron chi connectivity index (χ2n) is 13.5. The van der Waals surface area contributed by atoms with Crippen molar-refractivity contribution in [3.05, 3.63) is 64.2 Å². The van der Waals surface area contributed by atoms with Gasteiger partial charge in [0.05, 0.1) is 29.5 Å². The zero-order valence-corrected chi connectivity index (χ0v) is 25.4. The first-order valence-electron chi connectivity index (χ1n) is 15.4. The first-order chi connectivity index (χ1) is 19.6. The van der Waals surface area contributed by atoms with Crippen molar-refractivity contribution in [1.29, 1.82) is 0 Å². The fraction of sp³-hybridized carbons (Fsp3) is 0.571. The van der Waals surface area contributed by atoms with E-state index in [1.165, 1.54) is 6.42 Å². The predicted molar refractivity (Wildman–Crippen MR) is 161 cm³/mol. The van der Waals surface area contributed by atoms with Gasteiger partial charge < -0.3 is 10.1 Å². The van der Waals surface area contributed by atoms with E-state index >= 15 is 0 Å². The first-order valence-corrected chi connectivity index (χ1v) is 15.8. The number of halogens is 1. The third-order valence-electron chi connectivity index (χ3n) is 10.9. The number of anilines is 1. The van der Waals surface area contributed by atoms with Gasteiger partial charge in [-0.1, -0.05) is 56.5 Å². The minimum Gasteiger partial charge on any atom is -0.369 e. The van der Waals surface area contributed by atoms with Crippen LogP contribution in [-0.4, -0.2) is 29.2 Å². The largest absolute Gasteiger partial charge is 0.369 e. The van der Waals surface area contributed by atoms with Gasteiger partial charge in [-0.2, -0.15) is 0 Å². The molecule has 1 amide bonds. The lowest BCUT2D eigenvalue weighted by atomic mass is 9.66. The summed E-state index contributed by atoms with van der Waals surface area (Å²) in [7, 11) is 0. The molecule has 1 spiro atoms. The Morgan fingerprint density at radius 1 is 1.02 bits per heavy atom. The molecule has 4 fully saturated rings. The predicted octanol–water partition coefficient (Wildman–Crippen LogP) is 7.15. The van der Waals surface area contributed by atoms with Crippen molar-refractivity contribution in [2.45, 2.75) is 84.3 Å². The van der Waals surface area contributed by atoms with Gasteiger partial charge in [0.2, 0.25) is 5.91 Å². The average Bonchev–Trinajstić information content (AvgIpc) is 3.55. The summed E-state index contributed by atoms with van der Waals surface area (Å²) in [5.41, 5.74) is 2.88. The number of aryl methyl sites for hydroxylation is 2. The number of carbonyl (C=O) groups excluding carboxylic acids is 3. The lowest BCUT2D eigenvalue weighted by Gasteiger charge is -2.36. The Morgan fingerprint density at radius 2 is 1.73 bits per heavy atom. The summed E-state index contributed by atoms with van der Waals surface area (Å²) in [4.78, 5) is 42.6. The van der Waals surface area contributed by atoms with Crippen LogP contribution in [0.2, 0.25) is 5.02 Å². The number of Topliss-reactive ketones (excluding diaryl/α,β-unsaturated/α-hetero) is 2. The molecule has 2 bridgehead atoms. The number of rotatable bonds is 7. The number of amides is 1. The summed E-state index contributed by atoms with van der Waals surface area (Å²) in [5.74, 6) is -0.770. The molecule has 9 unspecified atom stereocenters. The van der Waals surface area contributed by atoms with Crippen LogP contribution in [0.5, 0.6) is 0 Å². The summed E-state index contributed by atoms with van der Waals surface area (Å²) < 4.78 is 6.71. The fourth-order valence-corrected chi connectivity index (χ4v) is 9.00. The number of hydrogen-bond donors (Lipinski definition) is 1. The molecule has 2 aliphatic carbocycles. The van der Waals surface area contributed by atoms with E-state index in [0.29, 0.717) is 42.0 Å². The van der Waals surface area contributed by atoms with Gasteiger partial charge in [0.1, 0.15) is 11.6 Å².